The topological polar surface area (TPSA) is 40.1 Å². The Morgan fingerprint density at radius 2 is 2.33 bits per heavy atom. The highest BCUT2D eigenvalue weighted by Crippen LogP contribution is 1.72. The first-order valence-corrected chi connectivity index (χ1v) is 1.68. The predicted octanol–water partition coefficient (Wildman–Crippen LogP) is -0.511. The number of hydrogen-bond donors (Lipinski definition) is 0. The largest absolute Gasteiger partial charge is 0.545 e. The Labute approximate surface area is 40.0 Å². The third kappa shape index (κ3) is 3.50. The van der Waals surface area contributed by atoms with Crippen LogP contribution in [0.5, 0.6) is 0 Å². The molecule has 0 saturated carbocycles. The second-order valence-electron chi connectivity index (χ2n) is 0.612. The van der Waals surface area contributed by atoms with Gasteiger partial charge in [0.15, 0.2) is 0 Å². The first-order chi connectivity index (χ1) is 2.77. The van der Waals surface area contributed by atoms with Crippen LogP contribution in [0.4, 0.5) is 0 Å². The summed E-state index contributed by atoms with van der Waals surface area (Å²) in [7, 11) is 0. The minimum absolute atomic E-state index is 0.738. The molecular weight excluding hydrogens is 103 g/mol. The molecule has 0 aromatic rings. The fraction of sp³-hybridized carbons (Fsp3) is 0. The molecule has 3 heteroatoms. The highest BCUT2D eigenvalue weighted by molar-refractivity contribution is 6.26. The predicted molar refractivity (Wildman–Crippen MR) is 20.0 cm³/mol. The number of carboxylic acids is 1. The van der Waals surface area contributed by atoms with E-state index < -0.39 is 5.97 Å². The Morgan fingerprint density at radius 3 is 2.33 bits per heavy atom. The Kier molecular flexibility index (Phi) is 2.50. The zero-order valence-corrected chi connectivity index (χ0v) is 3.61. The molecule has 0 aliphatic rings. The van der Waals surface area contributed by atoms with Gasteiger partial charge in [-0.15, -0.1) is 0 Å². The number of hydrogen-bond acceptors (Lipinski definition) is 2. The molecule has 0 aromatic carbocycles. The van der Waals surface area contributed by atoms with E-state index in [0.717, 1.165) is 11.6 Å². The van der Waals surface area contributed by atoms with Gasteiger partial charge in [-0.3, -0.25) is 0 Å². The maximum atomic E-state index is 9.32. The van der Waals surface area contributed by atoms with E-state index in [-0.39, 0.29) is 0 Å². The van der Waals surface area contributed by atoms with E-state index in [2.05, 4.69) is 0 Å². The Morgan fingerprint density at radius 1 is 1.83 bits per heavy atom. The number of rotatable bonds is 1. The summed E-state index contributed by atoms with van der Waals surface area (Å²) in [5.74, 6) is -1.27. The Hall–Kier alpha value is -0.500. The van der Waals surface area contributed by atoms with E-state index in [0.29, 0.717) is 0 Å². The average Bonchev–Trinajstić information content (AvgIpc) is 1.35. The molecule has 0 N–H and O–H groups in total. The summed E-state index contributed by atoms with van der Waals surface area (Å²) in [6.45, 7) is 0. The quantitative estimate of drug-likeness (QED) is 0.422. The summed E-state index contributed by atoms with van der Waals surface area (Å²) < 4.78 is 0. The van der Waals surface area contributed by atoms with Gasteiger partial charge in [0.25, 0.3) is 0 Å². The van der Waals surface area contributed by atoms with Crippen LogP contribution in [-0.2, 0) is 4.79 Å². The number of carbonyl (C=O) groups is 1. The Bertz CT molecular complexity index is 76.9. The summed E-state index contributed by atoms with van der Waals surface area (Å²) in [5.41, 5.74) is 0.884. The standard InChI is InChI=1S/C3H3ClO2/c4-2-1-3(5)6/h1-2H,(H,5,6)/p-1/b2-1+. The highest BCUT2D eigenvalue weighted by atomic mass is 35.5. The molecule has 0 radical (unpaired) electrons. The first kappa shape index (κ1) is 5.50. The van der Waals surface area contributed by atoms with Gasteiger partial charge in [0.1, 0.15) is 0 Å². The SMILES string of the molecule is O=C([O-])/C=C/Cl. The van der Waals surface area contributed by atoms with Gasteiger partial charge >= 0.3 is 0 Å². The van der Waals surface area contributed by atoms with Gasteiger partial charge in [-0.1, -0.05) is 11.6 Å². The molecule has 0 heterocycles. The molecule has 0 aliphatic heterocycles. The van der Waals surface area contributed by atoms with Crippen LogP contribution in [0.2, 0.25) is 0 Å². The van der Waals surface area contributed by atoms with Gasteiger partial charge in [0.2, 0.25) is 0 Å². The second kappa shape index (κ2) is 2.72. The van der Waals surface area contributed by atoms with Crippen molar-refractivity contribution in [2.24, 2.45) is 0 Å². The van der Waals surface area contributed by atoms with E-state index in [1.807, 2.05) is 0 Å². The fourth-order valence-electron chi connectivity index (χ4n) is 0.0514. The number of carbonyl (C=O) groups excluding carboxylic acids is 1. The lowest BCUT2D eigenvalue weighted by Gasteiger charge is -1.82. The van der Waals surface area contributed by atoms with Crippen LogP contribution in [0, 0.1) is 0 Å². The summed E-state index contributed by atoms with van der Waals surface area (Å²) >= 11 is 4.80. The zero-order valence-electron chi connectivity index (χ0n) is 2.85. The molecule has 0 spiro atoms. The molecule has 0 rings (SSSR count). The molecule has 6 heavy (non-hydrogen) atoms. The lowest BCUT2D eigenvalue weighted by molar-refractivity contribution is -0.297. The average molecular weight is 106 g/mol. The van der Waals surface area contributed by atoms with Crippen molar-refractivity contribution in [2.45, 2.75) is 0 Å². The molecule has 0 aliphatic carbocycles. The lowest BCUT2D eigenvalue weighted by atomic mass is 10.7. The van der Waals surface area contributed by atoms with Crippen LogP contribution in [0.3, 0.4) is 0 Å². The maximum Gasteiger partial charge on any atom is 0.0651 e. The minimum atomic E-state index is -1.27. The van der Waals surface area contributed by atoms with Gasteiger partial charge in [-0.05, 0) is 6.08 Å². The van der Waals surface area contributed by atoms with Gasteiger partial charge in [-0.25, -0.2) is 0 Å². The molecule has 0 bridgehead atoms. The van der Waals surface area contributed by atoms with E-state index >= 15 is 0 Å². The third-order valence-electron chi connectivity index (χ3n) is 0.199. The number of aliphatic carboxylic acids is 1. The van der Waals surface area contributed by atoms with Gasteiger partial charge in [0.05, 0.1) is 5.97 Å². The van der Waals surface area contributed by atoms with Crippen LogP contribution in [0.15, 0.2) is 11.6 Å². The first-order valence-electron chi connectivity index (χ1n) is 1.25. The number of carboxylic acid groups (broad SMARTS) is 1. The van der Waals surface area contributed by atoms with Crippen LogP contribution in [0.25, 0.3) is 0 Å². The number of halogens is 1. The molecule has 2 nitrogen and oxygen atoms in total. The van der Waals surface area contributed by atoms with Crippen molar-refractivity contribution >= 4 is 17.6 Å². The van der Waals surface area contributed by atoms with Crippen LogP contribution in [0.1, 0.15) is 0 Å². The zero-order chi connectivity index (χ0) is 4.99. The second-order valence-corrected chi connectivity index (χ2v) is 0.864. The van der Waals surface area contributed by atoms with Crippen molar-refractivity contribution < 1.29 is 9.90 Å². The van der Waals surface area contributed by atoms with Crippen molar-refractivity contribution in [3.8, 4) is 0 Å². The third-order valence-corrected chi connectivity index (χ3v) is 0.325. The van der Waals surface area contributed by atoms with Crippen molar-refractivity contribution in [2.75, 3.05) is 0 Å². The molecule has 0 unspecified atom stereocenters. The van der Waals surface area contributed by atoms with Gasteiger partial charge in [0, 0.05) is 5.54 Å². The van der Waals surface area contributed by atoms with E-state index in [9.17, 15) is 9.90 Å². The summed E-state index contributed by atoms with van der Waals surface area (Å²) in [6.07, 6.45) is 0.738. The summed E-state index contributed by atoms with van der Waals surface area (Å²) in [4.78, 5) is 9.32. The van der Waals surface area contributed by atoms with Crippen molar-refractivity contribution in [1.82, 2.24) is 0 Å². The molecule has 0 atom stereocenters. The Balaban J connectivity index is 3.30. The molecule has 0 aromatic heterocycles. The minimum Gasteiger partial charge on any atom is -0.545 e. The highest BCUT2D eigenvalue weighted by Gasteiger charge is 1.62. The molecule has 0 fully saturated rings. The normalized spacial score (nSPS) is 9.50. The van der Waals surface area contributed by atoms with Crippen LogP contribution >= 0.6 is 11.6 Å². The molecule has 0 amide bonds. The van der Waals surface area contributed by atoms with Crippen molar-refractivity contribution in [3.05, 3.63) is 11.6 Å². The molecule has 34 valence electrons. The summed E-state index contributed by atoms with van der Waals surface area (Å²) in [5, 5.41) is 9.32. The van der Waals surface area contributed by atoms with Crippen LogP contribution < -0.4 is 5.11 Å². The van der Waals surface area contributed by atoms with Crippen LogP contribution in [-0.4, -0.2) is 5.97 Å². The molecular formula is C3H2ClO2-. The monoisotopic (exact) mass is 105 g/mol. The maximum absolute atomic E-state index is 9.32. The van der Waals surface area contributed by atoms with Crippen molar-refractivity contribution in [3.63, 3.8) is 0 Å². The van der Waals surface area contributed by atoms with E-state index in [1.54, 1.807) is 0 Å². The van der Waals surface area contributed by atoms with E-state index in [1.165, 1.54) is 0 Å². The van der Waals surface area contributed by atoms with Gasteiger partial charge < -0.3 is 9.90 Å². The van der Waals surface area contributed by atoms with Gasteiger partial charge in [-0.2, -0.15) is 0 Å². The smallest absolute Gasteiger partial charge is 0.0651 e. The van der Waals surface area contributed by atoms with Crippen molar-refractivity contribution in [1.29, 1.82) is 0 Å². The lowest BCUT2D eigenvalue weighted by Crippen LogP contribution is -2.18. The fourth-order valence-corrected chi connectivity index (χ4v) is 0.154. The molecule has 0 saturated heterocycles. The summed E-state index contributed by atoms with van der Waals surface area (Å²) in [6, 6.07) is 0. The van der Waals surface area contributed by atoms with E-state index in [4.69, 9.17) is 11.6 Å².